The summed E-state index contributed by atoms with van der Waals surface area (Å²) >= 11 is 0. The van der Waals surface area contributed by atoms with E-state index in [-0.39, 0.29) is 5.41 Å². The van der Waals surface area contributed by atoms with Gasteiger partial charge in [0.15, 0.2) is 0 Å². The van der Waals surface area contributed by atoms with Crippen LogP contribution in [0, 0.1) is 24.2 Å². The van der Waals surface area contributed by atoms with E-state index in [4.69, 9.17) is 4.74 Å². The van der Waals surface area contributed by atoms with Gasteiger partial charge in [0, 0.05) is 0 Å². The number of nitrogens with zero attached hydrogens (tertiary/aromatic N) is 1. The second-order valence-corrected chi connectivity index (χ2v) is 7.13. The van der Waals surface area contributed by atoms with Crippen molar-refractivity contribution in [2.75, 3.05) is 13.7 Å². The first kappa shape index (κ1) is 15.9. The number of nitriles is 1. The van der Waals surface area contributed by atoms with Crippen molar-refractivity contribution in [2.24, 2.45) is 5.92 Å². The monoisotopic (exact) mass is 286 g/mol. The quantitative estimate of drug-likeness (QED) is 0.900. The van der Waals surface area contributed by atoms with E-state index in [2.05, 4.69) is 51.2 Å². The summed E-state index contributed by atoms with van der Waals surface area (Å²) in [6, 6.07) is 8.74. The fourth-order valence-corrected chi connectivity index (χ4v) is 2.62. The van der Waals surface area contributed by atoms with Gasteiger partial charge in [-0.05, 0) is 55.3 Å². The molecular weight excluding hydrogens is 260 g/mol. The van der Waals surface area contributed by atoms with Gasteiger partial charge in [-0.2, -0.15) is 5.26 Å². The zero-order valence-electron chi connectivity index (χ0n) is 13.8. The van der Waals surface area contributed by atoms with E-state index in [1.165, 1.54) is 5.56 Å². The second kappa shape index (κ2) is 5.69. The highest BCUT2D eigenvalue weighted by Gasteiger charge is 2.45. The first-order valence-electron chi connectivity index (χ1n) is 7.66. The molecule has 0 bridgehead atoms. The van der Waals surface area contributed by atoms with Gasteiger partial charge in [0.05, 0.1) is 6.07 Å². The average molecular weight is 286 g/mol. The molecule has 3 nitrogen and oxygen atoms in total. The molecule has 1 aromatic rings. The van der Waals surface area contributed by atoms with Gasteiger partial charge in [-0.15, -0.1) is 0 Å². The Balaban J connectivity index is 2.12. The van der Waals surface area contributed by atoms with E-state index in [1.54, 1.807) is 0 Å². The summed E-state index contributed by atoms with van der Waals surface area (Å²) < 4.78 is 5.97. The maximum Gasteiger partial charge on any atom is 0.143 e. The van der Waals surface area contributed by atoms with Crippen molar-refractivity contribution in [1.82, 2.24) is 5.32 Å². The SMILES string of the molecule is CNC(C#N)(COc1ccc(C(C)(C)C)cc1C)C1CC1. The molecular formula is C18H26N2O. The van der Waals surface area contributed by atoms with Crippen LogP contribution in [0.15, 0.2) is 18.2 Å². The van der Waals surface area contributed by atoms with Gasteiger partial charge in [0.2, 0.25) is 0 Å². The number of nitrogens with one attached hydrogen (secondary N) is 1. The predicted octanol–water partition coefficient (Wildman–Crippen LogP) is 3.56. The Labute approximate surface area is 128 Å². The van der Waals surface area contributed by atoms with Gasteiger partial charge in [-0.1, -0.05) is 32.9 Å². The van der Waals surface area contributed by atoms with E-state index >= 15 is 0 Å². The Bertz CT molecular complexity index is 549. The summed E-state index contributed by atoms with van der Waals surface area (Å²) in [5.41, 5.74) is 2.02. The molecule has 0 radical (unpaired) electrons. The van der Waals surface area contributed by atoms with Crippen LogP contribution in [-0.4, -0.2) is 19.2 Å². The van der Waals surface area contributed by atoms with Gasteiger partial charge in [-0.3, -0.25) is 5.32 Å². The van der Waals surface area contributed by atoms with Crippen molar-refractivity contribution in [2.45, 2.75) is 51.5 Å². The highest BCUT2D eigenvalue weighted by molar-refractivity contribution is 5.39. The number of hydrogen-bond acceptors (Lipinski definition) is 3. The summed E-state index contributed by atoms with van der Waals surface area (Å²) in [6.07, 6.45) is 2.22. The lowest BCUT2D eigenvalue weighted by atomic mass is 9.86. The minimum absolute atomic E-state index is 0.138. The Morgan fingerprint density at radius 3 is 2.43 bits per heavy atom. The van der Waals surface area contributed by atoms with Crippen LogP contribution in [-0.2, 0) is 5.41 Å². The van der Waals surface area contributed by atoms with Crippen LogP contribution in [0.25, 0.3) is 0 Å². The normalized spacial score (nSPS) is 17.9. The molecule has 1 unspecified atom stereocenters. The number of likely N-dealkylation sites (N-methyl/N-ethyl adjacent to an activating group) is 1. The number of hydrogen-bond donors (Lipinski definition) is 1. The lowest BCUT2D eigenvalue weighted by Gasteiger charge is -2.27. The first-order valence-corrected chi connectivity index (χ1v) is 7.66. The molecule has 0 spiro atoms. The van der Waals surface area contributed by atoms with Crippen molar-refractivity contribution in [3.8, 4) is 11.8 Å². The molecule has 1 atom stereocenters. The topological polar surface area (TPSA) is 45.0 Å². The molecule has 0 aromatic heterocycles. The predicted molar refractivity (Wildman–Crippen MR) is 85.5 cm³/mol. The molecule has 21 heavy (non-hydrogen) atoms. The van der Waals surface area contributed by atoms with Crippen LogP contribution >= 0.6 is 0 Å². The van der Waals surface area contributed by atoms with Gasteiger partial charge >= 0.3 is 0 Å². The minimum atomic E-state index is -0.546. The first-order chi connectivity index (χ1) is 9.82. The van der Waals surface area contributed by atoms with Crippen molar-refractivity contribution < 1.29 is 4.74 Å². The lowest BCUT2D eigenvalue weighted by Crippen LogP contribution is -2.49. The van der Waals surface area contributed by atoms with E-state index in [1.807, 2.05) is 13.1 Å². The van der Waals surface area contributed by atoms with E-state index in [9.17, 15) is 5.26 Å². The molecule has 0 aliphatic heterocycles. The summed E-state index contributed by atoms with van der Waals surface area (Å²) in [5.74, 6) is 1.29. The number of aryl methyl sites for hydroxylation is 1. The van der Waals surface area contributed by atoms with Crippen LogP contribution in [0.3, 0.4) is 0 Å². The molecule has 3 heteroatoms. The van der Waals surface area contributed by atoms with Crippen LogP contribution in [0.1, 0.15) is 44.7 Å². The van der Waals surface area contributed by atoms with Crippen LogP contribution in [0.4, 0.5) is 0 Å². The third-order valence-corrected chi connectivity index (χ3v) is 4.42. The highest BCUT2D eigenvalue weighted by Crippen LogP contribution is 2.39. The maximum absolute atomic E-state index is 9.49. The molecule has 0 saturated heterocycles. The van der Waals surface area contributed by atoms with Crippen molar-refractivity contribution in [3.63, 3.8) is 0 Å². The minimum Gasteiger partial charge on any atom is -0.490 e. The van der Waals surface area contributed by atoms with E-state index in [0.717, 1.165) is 24.2 Å². The van der Waals surface area contributed by atoms with Crippen molar-refractivity contribution in [3.05, 3.63) is 29.3 Å². The summed E-state index contributed by atoms with van der Waals surface area (Å²) in [7, 11) is 1.85. The Kier molecular flexibility index (Phi) is 4.30. The second-order valence-electron chi connectivity index (χ2n) is 7.13. The third-order valence-electron chi connectivity index (χ3n) is 4.42. The molecule has 0 heterocycles. The average Bonchev–Trinajstić information content (AvgIpc) is 3.26. The molecule has 2 rings (SSSR count). The number of rotatable bonds is 5. The fraction of sp³-hybridized carbons (Fsp3) is 0.611. The molecule has 1 saturated carbocycles. The Hall–Kier alpha value is -1.53. The zero-order chi connectivity index (χ0) is 15.7. The van der Waals surface area contributed by atoms with Crippen LogP contribution in [0.2, 0.25) is 0 Å². The smallest absolute Gasteiger partial charge is 0.143 e. The van der Waals surface area contributed by atoms with Crippen LogP contribution in [0.5, 0.6) is 5.75 Å². The standard InChI is InChI=1S/C18H26N2O/c1-13-10-15(17(2,3)4)8-9-16(13)21-12-18(11-19,20-5)14-6-7-14/h8-10,14,20H,6-7,12H2,1-5H3. The molecule has 1 aromatic carbocycles. The molecule has 1 aliphatic carbocycles. The lowest BCUT2D eigenvalue weighted by molar-refractivity contribution is 0.209. The highest BCUT2D eigenvalue weighted by atomic mass is 16.5. The summed E-state index contributed by atoms with van der Waals surface area (Å²) in [4.78, 5) is 0. The molecule has 1 N–H and O–H groups in total. The third kappa shape index (κ3) is 3.39. The van der Waals surface area contributed by atoms with Gasteiger partial charge in [-0.25, -0.2) is 0 Å². The summed E-state index contributed by atoms with van der Waals surface area (Å²) in [5, 5.41) is 12.7. The van der Waals surface area contributed by atoms with E-state index in [0.29, 0.717) is 12.5 Å². The summed E-state index contributed by atoms with van der Waals surface area (Å²) in [6.45, 7) is 9.08. The zero-order valence-corrected chi connectivity index (χ0v) is 13.8. The molecule has 1 fully saturated rings. The van der Waals surface area contributed by atoms with Gasteiger partial charge < -0.3 is 4.74 Å². The van der Waals surface area contributed by atoms with E-state index < -0.39 is 5.54 Å². The molecule has 114 valence electrons. The number of ether oxygens (including phenoxy) is 1. The Morgan fingerprint density at radius 1 is 1.33 bits per heavy atom. The van der Waals surface area contributed by atoms with Crippen molar-refractivity contribution in [1.29, 1.82) is 5.26 Å². The number of benzene rings is 1. The Morgan fingerprint density at radius 2 is 2.00 bits per heavy atom. The molecule has 1 aliphatic rings. The maximum atomic E-state index is 9.49. The van der Waals surface area contributed by atoms with Crippen LogP contribution < -0.4 is 10.1 Å². The largest absolute Gasteiger partial charge is 0.490 e. The van der Waals surface area contributed by atoms with Crippen molar-refractivity contribution >= 4 is 0 Å². The van der Waals surface area contributed by atoms with Gasteiger partial charge in [0.25, 0.3) is 0 Å². The molecule has 0 amide bonds. The van der Waals surface area contributed by atoms with Gasteiger partial charge in [0.1, 0.15) is 17.9 Å². The fourth-order valence-electron chi connectivity index (χ4n) is 2.62.